The molecule has 0 aliphatic carbocycles. The summed E-state index contributed by atoms with van der Waals surface area (Å²) >= 11 is 0. The number of aliphatic hydroxyl groups excluding tert-OH is 1. The number of fused-ring (bicyclic) bond motifs is 1. The Morgan fingerprint density at radius 2 is 2.36 bits per heavy atom. The van der Waals surface area contributed by atoms with Gasteiger partial charge in [0.15, 0.2) is 0 Å². The van der Waals surface area contributed by atoms with Crippen molar-refractivity contribution in [2.45, 2.75) is 0 Å². The van der Waals surface area contributed by atoms with Crippen molar-refractivity contribution in [3.8, 4) is 5.75 Å². The van der Waals surface area contributed by atoms with E-state index in [4.69, 9.17) is 15.6 Å². The van der Waals surface area contributed by atoms with E-state index < -0.39 is 0 Å². The minimum Gasteiger partial charge on any atom is -0.489 e. The van der Waals surface area contributed by atoms with Gasteiger partial charge in [0.25, 0.3) is 0 Å². The van der Waals surface area contributed by atoms with E-state index in [2.05, 4.69) is 0 Å². The van der Waals surface area contributed by atoms with E-state index in [1.165, 1.54) is 0 Å². The Bertz CT molecular complexity index is 328. The lowest BCUT2D eigenvalue weighted by molar-refractivity contribution is 0.278. The molecule has 0 bridgehead atoms. The highest BCUT2D eigenvalue weighted by Crippen LogP contribution is 2.36. The van der Waals surface area contributed by atoms with Gasteiger partial charge in [-0.2, -0.15) is 0 Å². The van der Waals surface area contributed by atoms with Crippen LogP contribution in [0.25, 0.3) is 0 Å². The molecule has 0 fully saturated rings. The number of ether oxygens (including phenoxy) is 1. The number of aliphatic hydroxyl groups is 1. The summed E-state index contributed by atoms with van der Waals surface area (Å²) in [5.41, 5.74) is 7.47. The third-order valence-corrected chi connectivity index (χ3v) is 2.34. The van der Waals surface area contributed by atoms with Crippen molar-refractivity contribution in [2.75, 3.05) is 36.9 Å². The molecule has 0 atom stereocenters. The minimum atomic E-state index is 0.133. The van der Waals surface area contributed by atoms with Crippen LogP contribution < -0.4 is 15.4 Å². The first-order chi connectivity index (χ1) is 6.83. The van der Waals surface area contributed by atoms with Gasteiger partial charge in [-0.15, -0.1) is 0 Å². The van der Waals surface area contributed by atoms with Gasteiger partial charge in [0, 0.05) is 6.54 Å². The molecule has 3 N–H and O–H groups in total. The van der Waals surface area contributed by atoms with Gasteiger partial charge < -0.3 is 20.5 Å². The number of para-hydroxylation sites is 1. The average Bonchev–Trinajstić information content (AvgIpc) is 2.19. The van der Waals surface area contributed by atoms with Crippen LogP contribution in [0.15, 0.2) is 18.2 Å². The van der Waals surface area contributed by atoms with Crippen molar-refractivity contribution in [3.05, 3.63) is 18.2 Å². The Morgan fingerprint density at radius 3 is 3.14 bits per heavy atom. The number of hydrogen-bond donors (Lipinski definition) is 2. The number of nitrogens with two attached hydrogens (primary N) is 1. The van der Waals surface area contributed by atoms with E-state index in [9.17, 15) is 0 Å². The first-order valence-electron chi connectivity index (χ1n) is 4.70. The van der Waals surface area contributed by atoms with Gasteiger partial charge in [0.2, 0.25) is 0 Å². The van der Waals surface area contributed by atoms with Crippen LogP contribution in [0.2, 0.25) is 0 Å². The van der Waals surface area contributed by atoms with Crippen molar-refractivity contribution < 1.29 is 9.84 Å². The van der Waals surface area contributed by atoms with Crippen molar-refractivity contribution in [1.82, 2.24) is 0 Å². The Labute approximate surface area is 82.9 Å². The molecular formula is C10H14N2O2. The van der Waals surface area contributed by atoms with Crippen LogP contribution in [0.4, 0.5) is 11.4 Å². The maximum Gasteiger partial charge on any atom is 0.144 e. The Balaban J connectivity index is 2.36. The standard InChI is InChI=1S/C10H14N2O2/c11-8-2-1-3-9-10(8)12(4-6-13)5-7-14-9/h1-3,13H,4-7,11H2. The molecule has 0 spiro atoms. The molecule has 0 amide bonds. The molecule has 2 rings (SSSR count). The largest absolute Gasteiger partial charge is 0.489 e. The summed E-state index contributed by atoms with van der Waals surface area (Å²) in [5, 5.41) is 8.91. The molecule has 0 unspecified atom stereocenters. The fourth-order valence-corrected chi connectivity index (χ4v) is 1.72. The van der Waals surface area contributed by atoms with Crippen LogP contribution in [0.5, 0.6) is 5.75 Å². The summed E-state index contributed by atoms with van der Waals surface area (Å²) in [7, 11) is 0. The monoisotopic (exact) mass is 194 g/mol. The molecule has 14 heavy (non-hydrogen) atoms. The lowest BCUT2D eigenvalue weighted by Gasteiger charge is -2.31. The third-order valence-electron chi connectivity index (χ3n) is 2.34. The number of β-amino-alcohol motifs (C(OH)–C–C–N with tert-alkyl or cyclic N) is 1. The lowest BCUT2D eigenvalue weighted by atomic mass is 10.2. The molecular weight excluding hydrogens is 180 g/mol. The molecule has 1 aliphatic heterocycles. The summed E-state index contributed by atoms with van der Waals surface area (Å²) in [6, 6.07) is 5.61. The zero-order valence-corrected chi connectivity index (χ0v) is 7.94. The van der Waals surface area contributed by atoms with E-state index >= 15 is 0 Å². The van der Waals surface area contributed by atoms with E-state index in [1.54, 1.807) is 0 Å². The fraction of sp³-hybridized carbons (Fsp3) is 0.400. The molecule has 1 aromatic rings. The Kier molecular flexibility index (Phi) is 2.45. The first-order valence-corrected chi connectivity index (χ1v) is 4.70. The topological polar surface area (TPSA) is 58.7 Å². The summed E-state index contributed by atoms with van der Waals surface area (Å²) < 4.78 is 5.48. The molecule has 76 valence electrons. The predicted octanol–water partition coefficient (Wildman–Crippen LogP) is 0.460. The van der Waals surface area contributed by atoms with Crippen molar-refractivity contribution in [3.63, 3.8) is 0 Å². The third kappa shape index (κ3) is 1.48. The van der Waals surface area contributed by atoms with Crippen LogP contribution in [0, 0.1) is 0 Å². The second kappa shape index (κ2) is 3.75. The van der Waals surface area contributed by atoms with Crippen LogP contribution >= 0.6 is 0 Å². The van der Waals surface area contributed by atoms with Crippen molar-refractivity contribution >= 4 is 11.4 Å². The summed E-state index contributed by atoms with van der Waals surface area (Å²) in [4.78, 5) is 2.05. The smallest absolute Gasteiger partial charge is 0.144 e. The second-order valence-electron chi connectivity index (χ2n) is 3.25. The maximum atomic E-state index is 8.91. The van der Waals surface area contributed by atoms with E-state index in [0.29, 0.717) is 18.8 Å². The van der Waals surface area contributed by atoms with Gasteiger partial charge in [-0.3, -0.25) is 0 Å². The number of nitrogen functional groups attached to an aromatic ring is 1. The predicted molar refractivity (Wildman–Crippen MR) is 55.6 cm³/mol. The van der Waals surface area contributed by atoms with Gasteiger partial charge in [-0.1, -0.05) is 6.07 Å². The summed E-state index contributed by atoms with van der Waals surface area (Å²) in [5.74, 6) is 0.810. The molecule has 1 aliphatic rings. The number of rotatable bonds is 2. The number of anilines is 2. The van der Waals surface area contributed by atoms with Crippen LogP contribution in [0.1, 0.15) is 0 Å². The van der Waals surface area contributed by atoms with Gasteiger partial charge in [0.05, 0.1) is 18.8 Å². The summed E-state index contributed by atoms with van der Waals surface area (Å²) in [6.07, 6.45) is 0. The van der Waals surface area contributed by atoms with Crippen molar-refractivity contribution in [1.29, 1.82) is 0 Å². The molecule has 0 saturated carbocycles. The summed E-state index contributed by atoms with van der Waals surface area (Å²) in [6.45, 7) is 2.16. The van der Waals surface area contributed by atoms with Gasteiger partial charge in [-0.25, -0.2) is 0 Å². The lowest BCUT2D eigenvalue weighted by Crippen LogP contribution is -2.35. The minimum absolute atomic E-state index is 0.133. The molecule has 4 heteroatoms. The van der Waals surface area contributed by atoms with Crippen LogP contribution in [-0.2, 0) is 0 Å². The van der Waals surface area contributed by atoms with Gasteiger partial charge in [-0.05, 0) is 12.1 Å². The molecule has 0 aromatic heterocycles. The fourth-order valence-electron chi connectivity index (χ4n) is 1.72. The quantitative estimate of drug-likeness (QED) is 0.671. The van der Waals surface area contributed by atoms with Crippen LogP contribution in [-0.4, -0.2) is 31.4 Å². The zero-order valence-electron chi connectivity index (χ0n) is 7.94. The molecule has 1 aromatic carbocycles. The SMILES string of the molecule is Nc1cccc2c1N(CCO)CCO2. The van der Waals surface area contributed by atoms with E-state index in [-0.39, 0.29) is 6.61 Å². The molecule has 4 nitrogen and oxygen atoms in total. The Morgan fingerprint density at radius 1 is 1.50 bits per heavy atom. The highest BCUT2D eigenvalue weighted by molar-refractivity contribution is 5.75. The Hall–Kier alpha value is -1.42. The zero-order chi connectivity index (χ0) is 9.97. The first kappa shape index (κ1) is 9.15. The highest BCUT2D eigenvalue weighted by Gasteiger charge is 2.19. The van der Waals surface area contributed by atoms with E-state index in [0.717, 1.165) is 18.0 Å². The van der Waals surface area contributed by atoms with Crippen molar-refractivity contribution in [2.24, 2.45) is 0 Å². The molecule has 0 radical (unpaired) electrons. The number of benzene rings is 1. The van der Waals surface area contributed by atoms with Gasteiger partial charge >= 0.3 is 0 Å². The number of nitrogens with zero attached hydrogens (tertiary/aromatic N) is 1. The normalized spacial score (nSPS) is 14.8. The second-order valence-corrected chi connectivity index (χ2v) is 3.25. The maximum absolute atomic E-state index is 8.91. The highest BCUT2D eigenvalue weighted by atomic mass is 16.5. The van der Waals surface area contributed by atoms with E-state index in [1.807, 2.05) is 23.1 Å². The average molecular weight is 194 g/mol. The molecule has 1 heterocycles. The van der Waals surface area contributed by atoms with Gasteiger partial charge in [0.1, 0.15) is 18.0 Å². The van der Waals surface area contributed by atoms with Crippen LogP contribution in [0.3, 0.4) is 0 Å². The molecule has 0 saturated heterocycles. The number of hydrogen-bond acceptors (Lipinski definition) is 4.